The molecule has 0 aliphatic heterocycles. The molecule has 0 radical (unpaired) electrons. The summed E-state index contributed by atoms with van der Waals surface area (Å²) in [6.45, 7) is 3.60. The van der Waals surface area contributed by atoms with Crippen molar-refractivity contribution in [3.8, 4) is 11.5 Å². The number of ether oxygens (including phenoxy) is 3. The average molecular weight is 348 g/mol. The van der Waals surface area contributed by atoms with Crippen molar-refractivity contribution in [2.45, 2.75) is 19.6 Å². The highest BCUT2D eigenvalue weighted by atomic mass is 79.9. The second-order valence-electron chi connectivity index (χ2n) is 4.26. The predicted octanol–water partition coefficient (Wildman–Crippen LogP) is 1.95. The minimum Gasteiger partial charge on any atom is -0.493 e. The number of halogens is 1. The van der Waals surface area contributed by atoms with Gasteiger partial charge in [-0.1, -0.05) is 0 Å². The van der Waals surface area contributed by atoms with E-state index in [4.69, 9.17) is 14.2 Å². The number of aliphatic hydroxyl groups excluding tert-OH is 1. The van der Waals surface area contributed by atoms with Crippen molar-refractivity contribution in [1.82, 2.24) is 5.32 Å². The molecule has 20 heavy (non-hydrogen) atoms. The Morgan fingerprint density at radius 3 is 2.70 bits per heavy atom. The summed E-state index contributed by atoms with van der Waals surface area (Å²) in [7, 11) is 3.48. The summed E-state index contributed by atoms with van der Waals surface area (Å²) < 4.78 is 16.9. The lowest BCUT2D eigenvalue weighted by Gasteiger charge is -2.16. The summed E-state index contributed by atoms with van der Waals surface area (Å²) in [5.41, 5.74) is 1.08. The number of rotatable bonds is 9. The van der Waals surface area contributed by atoms with Gasteiger partial charge < -0.3 is 24.6 Å². The molecular weight excluding hydrogens is 326 g/mol. The van der Waals surface area contributed by atoms with E-state index in [1.807, 2.05) is 26.1 Å². The largest absolute Gasteiger partial charge is 0.493 e. The summed E-state index contributed by atoms with van der Waals surface area (Å²) in [6, 6.07) is 3.87. The molecule has 1 rings (SSSR count). The van der Waals surface area contributed by atoms with E-state index in [9.17, 15) is 5.11 Å². The van der Waals surface area contributed by atoms with Crippen molar-refractivity contribution in [3.05, 3.63) is 22.2 Å². The van der Waals surface area contributed by atoms with Crippen LogP contribution in [0.15, 0.2) is 16.6 Å². The van der Waals surface area contributed by atoms with Crippen LogP contribution >= 0.6 is 15.9 Å². The summed E-state index contributed by atoms with van der Waals surface area (Å²) in [4.78, 5) is 0. The molecule has 6 heteroatoms. The molecule has 114 valence electrons. The molecule has 1 aromatic carbocycles. The fourth-order valence-corrected chi connectivity index (χ4v) is 2.30. The first-order valence-electron chi connectivity index (χ1n) is 6.52. The van der Waals surface area contributed by atoms with Gasteiger partial charge in [-0.05, 0) is 47.6 Å². The molecule has 0 amide bonds. The Hall–Kier alpha value is -0.820. The number of hydrogen-bond acceptors (Lipinski definition) is 5. The first-order chi connectivity index (χ1) is 9.62. The highest BCUT2D eigenvalue weighted by Crippen LogP contribution is 2.36. The van der Waals surface area contributed by atoms with Crippen molar-refractivity contribution < 1.29 is 19.3 Å². The average Bonchev–Trinajstić information content (AvgIpc) is 2.43. The van der Waals surface area contributed by atoms with Gasteiger partial charge in [0.2, 0.25) is 0 Å². The van der Waals surface area contributed by atoms with Crippen molar-refractivity contribution in [2.24, 2.45) is 0 Å². The lowest BCUT2D eigenvalue weighted by atomic mass is 10.2. The number of aliphatic hydroxyl groups is 1. The maximum Gasteiger partial charge on any atom is 0.175 e. The van der Waals surface area contributed by atoms with Gasteiger partial charge in [-0.3, -0.25) is 0 Å². The van der Waals surface area contributed by atoms with Gasteiger partial charge in [-0.2, -0.15) is 0 Å². The van der Waals surface area contributed by atoms with E-state index < -0.39 is 6.10 Å². The Morgan fingerprint density at radius 1 is 1.35 bits per heavy atom. The van der Waals surface area contributed by atoms with Gasteiger partial charge in [-0.25, -0.2) is 0 Å². The van der Waals surface area contributed by atoms with Gasteiger partial charge in [-0.15, -0.1) is 0 Å². The van der Waals surface area contributed by atoms with E-state index in [1.165, 1.54) is 0 Å². The molecule has 0 aromatic heterocycles. The Kier molecular flexibility index (Phi) is 7.91. The topological polar surface area (TPSA) is 60.0 Å². The molecule has 0 bridgehead atoms. The maximum atomic E-state index is 9.72. The van der Waals surface area contributed by atoms with E-state index in [-0.39, 0.29) is 13.2 Å². The minimum atomic E-state index is -0.663. The van der Waals surface area contributed by atoms with Gasteiger partial charge in [0.05, 0.1) is 18.2 Å². The molecule has 1 atom stereocenters. The standard InChI is InChI=1S/C14H22BrNO4/c1-4-19-8-11(17)9-20-14-12(15)5-10(7-16-2)6-13(14)18-3/h5-6,11,16-17H,4,7-9H2,1-3H3. The summed E-state index contributed by atoms with van der Waals surface area (Å²) >= 11 is 3.47. The fraction of sp³-hybridized carbons (Fsp3) is 0.571. The molecule has 1 unspecified atom stereocenters. The summed E-state index contributed by atoms with van der Waals surface area (Å²) in [6.07, 6.45) is -0.663. The summed E-state index contributed by atoms with van der Waals surface area (Å²) in [5, 5.41) is 12.8. The number of methoxy groups -OCH3 is 1. The zero-order valence-electron chi connectivity index (χ0n) is 12.1. The second-order valence-corrected chi connectivity index (χ2v) is 5.12. The smallest absolute Gasteiger partial charge is 0.175 e. The van der Waals surface area contributed by atoms with Gasteiger partial charge in [0.1, 0.15) is 12.7 Å². The first kappa shape index (κ1) is 17.2. The van der Waals surface area contributed by atoms with Crippen LogP contribution < -0.4 is 14.8 Å². The van der Waals surface area contributed by atoms with Crippen LogP contribution in [-0.2, 0) is 11.3 Å². The van der Waals surface area contributed by atoms with Gasteiger partial charge in [0.15, 0.2) is 11.5 Å². The van der Waals surface area contributed by atoms with Crippen LogP contribution in [0.2, 0.25) is 0 Å². The quantitative estimate of drug-likeness (QED) is 0.714. The highest BCUT2D eigenvalue weighted by Gasteiger charge is 2.13. The molecule has 1 aromatic rings. The molecule has 0 saturated carbocycles. The van der Waals surface area contributed by atoms with E-state index in [0.29, 0.717) is 18.1 Å². The molecule has 0 aliphatic carbocycles. The predicted molar refractivity (Wildman–Crippen MR) is 81.5 cm³/mol. The van der Waals surface area contributed by atoms with Crippen LogP contribution in [-0.4, -0.2) is 45.2 Å². The molecule has 0 saturated heterocycles. The van der Waals surface area contributed by atoms with Crippen LogP contribution in [0.4, 0.5) is 0 Å². The number of nitrogens with one attached hydrogen (secondary N) is 1. The van der Waals surface area contributed by atoms with Crippen molar-refractivity contribution in [1.29, 1.82) is 0 Å². The number of hydrogen-bond donors (Lipinski definition) is 2. The lowest BCUT2D eigenvalue weighted by molar-refractivity contribution is 0.0158. The normalized spacial score (nSPS) is 12.2. The van der Waals surface area contributed by atoms with Crippen LogP contribution in [0.25, 0.3) is 0 Å². The van der Waals surface area contributed by atoms with Crippen LogP contribution in [0.3, 0.4) is 0 Å². The van der Waals surface area contributed by atoms with E-state index in [1.54, 1.807) is 7.11 Å². The minimum absolute atomic E-state index is 0.153. The Labute approximate surface area is 128 Å². The zero-order chi connectivity index (χ0) is 15.0. The molecule has 5 nitrogen and oxygen atoms in total. The van der Waals surface area contributed by atoms with Crippen molar-refractivity contribution >= 4 is 15.9 Å². The highest BCUT2D eigenvalue weighted by molar-refractivity contribution is 9.10. The van der Waals surface area contributed by atoms with Gasteiger partial charge in [0, 0.05) is 13.2 Å². The third-order valence-corrected chi connectivity index (χ3v) is 3.19. The Balaban J connectivity index is 2.73. The van der Waals surface area contributed by atoms with E-state index in [0.717, 1.165) is 16.6 Å². The van der Waals surface area contributed by atoms with Crippen LogP contribution in [0.5, 0.6) is 11.5 Å². The zero-order valence-corrected chi connectivity index (χ0v) is 13.7. The van der Waals surface area contributed by atoms with Crippen molar-refractivity contribution in [3.63, 3.8) is 0 Å². The van der Waals surface area contributed by atoms with E-state index >= 15 is 0 Å². The van der Waals surface area contributed by atoms with Crippen LogP contribution in [0.1, 0.15) is 12.5 Å². The lowest BCUT2D eigenvalue weighted by Crippen LogP contribution is -2.23. The van der Waals surface area contributed by atoms with Gasteiger partial charge >= 0.3 is 0 Å². The summed E-state index contributed by atoms with van der Waals surface area (Å²) in [5.74, 6) is 1.22. The molecular formula is C14H22BrNO4. The molecule has 0 heterocycles. The Bertz CT molecular complexity index is 414. The first-order valence-corrected chi connectivity index (χ1v) is 7.31. The monoisotopic (exact) mass is 347 g/mol. The third-order valence-electron chi connectivity index (χ3n) is 2.60. The molecule has 0 aliphatic rings. The molecule has 0 spiro atoms. The SMILES string of the molecule is CCOCC(O)COc1c(Br)cc(CNC)cc1OC. The van der Waals surface area contributed by atoms with Crippen LogP contribution in [0, 0.1) is 0 Å². The third kappa shape index (κ3) is 5.28. The second kappa shape index (κ2) is 9.18. The number of benzene rings is 1. The molecule has 0 fully saturated rings. The van der Waals surface area contributed by atoms with E-state index in [2.05, 4.69) is 21.2 Å². The Morgan fingerprint density at radius 2 is 2.10 bits per heavy atom. The molecule has 2 N–H and O–H groups in total. The maximum absolute atomic E-state index is 9.72. The van der Waals surface area contributed by atoms with Gasteiger partial charge in [0.25, 0.3) is 0 Å². The van der Waals surface area contributed by atoms with Crippen molar-refractivity contribution in [2.75, 3.05) is 34.0 Å². The fourth-order valence-electron chi connectivity index (χ4n) is 1.70.